The number of rotatable bonds is 5. The zero-order chi connectivity index (χ0) is 12.1. The normalized spacial score (nSPS) is 26.6. The summed E-state index contributed by atoms with van der Waals surface area (Å²) in [5.74, 6) is -2.24. The fourth-order valence-electron chi connectivity index (χ4n) is 2.13. The van der Waals surface area contributed by atoms with Crippen LogP contribution in [0.15, 0.2) is 0 Å². The maximum atomic E-state index is 10.9. The molecule has 0 amide bonds. The Bertz CT molecular complexity index is 270. The lowest BCUT2D eigenvalue weighted by atomic mass is 9.94. The van der Waals surface area contributed by atoms with Crippen molar-refractivity contribution in [3.8, 4) is 0 Å². The van der Waals surface area contributed by atoms with Crippen molar-refractivity contribution < 1.29 is 19.8 Å². The predicted octanol–water partition coefficient (Wildman–Crippen LogP) is -0.544. The van der Waals surface area contributed by atoms with Gasteiger partial charge in [-0.25, -0.2) is 0 Å². The highest BCUT2D eigenvalue weighted by Crippen LogP contribution is 2.17. The highest BCUT2D eigenvalue weighted by atomic mass is 16.4. The molecule has 0 aromatic carbocycles. The lowest BCUT2D eigenvalue weighted by molar-refractivity contribution is -0.146. The second-order valence-corrected chi connectivity index (χ2v) is 4.11. The smallest absolute Gasteiger partial charge is 0.317 e. The third-order valence-electron chi connectivity index (χ3n) is 2.73. The molecular weight excluding hydrogens is 212 g/mol. The van der Waals surface area contributed by atoms with Gasteiger partial charge in [-0.2, -0.15) is 0 Å². The van der Waals surface area contributed by atoms with Crippen molar-refractivity contribution in [2.45, 2.75) is 19.4 Å². The average Bonchev–Trinajstić information content (AvgIpc) is 2.16. The molecule has 1 aliphatic rings. The second kappa shape index (κ2) is 5.81. The largest absolute Gasteiger partial charge is 0.481 e. The van der Waals surface area contributed by atoms with Crippen molar-refractivity contribution in [1.82, 2.24) is 10.2 Å². The van der Waals surface area contributed by atoms with E-state index in [1.54, 1.807) is 4.90 Å². The molecule has 0 saturated carbocycles. The monoisotopic (exact) mass is 230 g/mol. The van der Waals surface area contributed by atoms with Gasteiger partial charge in [0.1, 0.15) is 0 Å². The van der Waals surface area contributed by atoms with Crippen LogP contribution in [0.3, 0.4) is 0 Å². The molecule has 1 saturated heterocycles. The Labute approximate surface area is 94.2 Å². The maximum absolute atomic E-state index is 10.9. The Kier molecular flexibility index (Phi) is 4.70. The Morgan fingerprint density at radius 1 is 1.38 bits per heavy atom. The first-order valence-corrected chi connectivity index (χ1v) is 5.43. The van der Waals surface area contributed by atoms with Crippen LogP contribution in [0, 0.1) is 5.92 Å². The van der Waals surface area contributed by atoms with E-state index in [9.17, 15) is 9.59 Å². The van der Waals surface area contributed by atoms with Gasteiger partial charge >= 0.3 is 11.9 Å². The van der Waals surface area contributed by atoms with E-state index >= 15 is 0 Å². The van der Waals surface area contributed by atoms with Crippen LogP contribution in [0.25, 0.3) is 0 Å². The van der Waals surface area contributed by atoms with Gasteiger partial charge in [0.2, 0.25) is 0 Å². The number of carboxylic acid groups (broad SMARTS) is 2. The van der Waals surface area contributed by atoms with Crippen molar-refractivity contribution >= 4 is 11.9 Å². The number of nitrogens with zero attached hydrogens (tertiary/aromatic N) is 1. The molecule has 0 aromatic heterocycles. The molecule has 16 heavy (non-hydrogen) atoms. The van der Waals surface area contributed by atoms with Crippen molar-refractivity contribution in [3.05, 3.63) is 0 Å². The number of piperidine rings is 1. The third kappa shape index (κ3) is 3.79. The topological polar surface area (TPSA) is 89.9 Å². The Morgan fingerprint density at radius 2 is 2.06 bits per heavy atom. The second-order valence-electron chi connectivity index (χ2n) is 4.11. The van der Waals surface area contributed by atoms with Crippen molar-refractivity contribution in [2.24, 2.45) is 5.92 Å². The number of nitrogens with one attached hydrogen (secondary N) is 1. The summed E-state index contributed by atoms with van der Waals surface area (Å²) in [4.78, 5) is 23.2. The quantitative estimate of drug-likeness (QED) is 0.587. The van der Waals surface area contributed by atoms with Crippen molar-refractivity contribution in [3.63, 3.8) is 0 Å². The van der Waals surface area contributed by atoms with E-state index < -0.39 is 17.9 Å². The van der Waals surface area contributed by atoms with Gasteiger partial charge in [-0.15, -0.1) is 0 Å². The summed E-state index contributed by atoms with van der Waals surface area (Å²) in [5, 5.41) is 20.8. The number of carbonyl (C=O) groups is 2. The number of carboxylic acids is 2. The number of likely N-dealkylation sites (N-methyl/N-ethyl adjacent to an activating group) is 1. The Hall–Kier alpha value is -1.14. The molecule has 1 heterocycles. The molecule has 6 nitrogen and oxygen atoms in total. The van der Waals surface area contributed by atoms with Gasteiger partial charge in [-0.3, -0.25) is 14.5 Å². The first-order chi connectivity index (χ1) is 7.52. The molecule has 1 aliphatic heterocycles. The summed E-state index contributed by atoms with van der Waals surface area (Å²) in [6.07, 6.45) is 0.569. The van der Waals surface area contributed by atoms with E-state index in [0.717, 1.165) is 6.54 Å². The lowest BCUT2D eigenvalue weighted by Gasteiger charge is -2.35. The molecule has 2 atom stereocenters. The molecule has 0 aliphatic carbocycles. The molecule has 0 bridgehead atoms. The number of aliphatic carboxylic acids is 2. The van der Waals surface area contributed by atoms with E-state index in [-0.39, 0.29) is 12.6 Å². The molecule has 3 N–H and O–H groups in total. The molecule has 1 fully saturated rings. The van der Waals surface area contributed by atoms with Gasteiger partial charge in [0.15, 0.2) is 0 Å². The minimum atomic E-state index is -0.915. The number of likely N-dealkylation sites (tertiary alicyclic amines) is 1. The van der Waals surface area contributed by atoms with Gasteiger partial charge in [0.05, 0.1) is 12.5 Å². The summed E-state index contributed by atoms with van der Waals surface area (Å²) < 4.78 is 0. The van der Waals surface area contributed by atoms with Crippen LogP contribution >= 0.6 is 0 Å². The Morgan fingerprint density at radius 3 is 2.56 bits per heavy atom. The maximum Gasteiger partial charge on any atom is 0.317 e. The van der Waals surface area contributed by atoms with Gasteiger partial charge in [-0.1, -0.05) is 6.92 Å². The number of hydrogen-bond donors (Lipinski definition) is 3. The molecule has 6 heteroatoms. The summed E-state index contributed by atoms with van der Waals surface area (Å²) in [7, 11) is 0. The first kappa shape index (κ1) is 12.9. The molecule has 0 radical (unpaired) electrons. The fraction of sp³-hybridized carbons (Fsp3) is 0.800. The van der Waals surface area contributed by atoms with Gasteiger partial charge in [0.25, 0.3) is 0 Å². The van der Waals surface area contributed by atoms with Gasteiger partial charge in [-0.05, 0) is 13.0 Å². The lowest BCUT2D eigenvalue weighted by Crippen LogP contribution is -2.52. The summed E-state index contributed by atoms with van der Waals surface area (Å²) in [6, 6.07) is 0.0687. The van der Waals surface area contributed by atoms with E-state index in [1.165, 1.54) is 0 Å². The van der Waals surface area contributed by atoms with E-state index in [4.69, 9.17) is 10.2 Å². The van der Waals surface area contributed by atoms with Crippen LogP contribution < -0.4 is 5.32 Å². The molecule has 92 valence electrons. The highest BCUT2D eigenvalue weighted by Gasteiger charge is 2.31. The highest BCUT2D eigenvalue weighted by molar-refractivity contribution is 5.71. The van der Waals surface area contributed by atoms with E-state index in [2.05, 4.69) is 5.32 Å². The van der Waals surface area contributed by atoms with Crippen LogP contribution in [0.1, 0.15) is 13.3 Å². The first-order valence-electron chi connectivity index (χ1n) is 5.43. The van der Waals surface area contributed by atoms with Crippen LogP contribution in [-0.2, 0) is 9.59 Å². The molecule has 2 unspecified atom stereocenters. The third-order valence-corrected chi connectivity index (χ3v) is 2.73. The van der Waals surface area contributed by atoms with Crippen LogP contribution in [-0.4, -0.2) is 59.3 Å². The summed E-state index contributed by atoms with van der Waals surface area (Å²) in [5.41, 5.74) is 0. The predicted molar refractivity (Wildman–Crippen MR) is 57.3 cm³/mol. The van der Waals surface area contributed by atoms with Crippen LogP contribution in [0.2, 0.25) is 0 Å². The number of hydrogen-bond acceptors (Lipinski definition) is 4. The van der Waals surface area contributed by atoms with Crippen LogP contribution in [0.5, 0.6) is 0 Å². The van der Waals surface area contributed by atoms with Crippen molar-refractivity contribution in [1.29, 1.82) is 0 Å². The minimum Gasteiger partial charge on any atom is -0.481 e. The summed E-state index contributed by atoms with van der Waals surface area (Å²) >= 11 is 0. The SMILES string of the molecule is CCNC1CC(C(=O)O)CN(CC(=O)O)C1. The van der Waals surface area contributed by atoms with E-state index in [0.29, 0.717) is 19.5 Å². The van der Waals surface area contributed by atoms with Gasteiger partial charge < -0.3 is 15.5 Å². The summed E-state index contributed by atoms with van der Waals surface area (Å²) in [6.45, 7) is 3.54. The zero-order valence-corrected chi connectivity index (χ0v) is 9.35. The molecular formula is C10H18N2O4. The molecule has 1 rings (SSSR count). The molecule has 0 spiro atoms. The average molecular weight is 230 g/mol. The Balaban J connectivity index is 2.58. The standard InChI is InChI=1S/C10H18N2O4/c1-2-11-8-3-7(10(15)16)4-12(5-8)6-9(13)14/h7-8,11H,2-6H2,1H3,(H,13,14)(H,15,16). The fourth-order valence-corrected chi connectivity index (χ4v) is 2.13. The van der Waals surface area contributed by atoms with Gasteiger partial charge in [0, 0.05) is 19.1 Å². The van der Waals surface area contributed by atoms with E-state index in [1.807, 2.05) is 6.92 Å². The zero-order valence-electron chi connectivity index (χ0n) is 9.35. The van der Waals surface area contributed by atoms with Crippen molar-refractivity contribution in [2.75, 3.05) is 26.2 Å². The molecule has 0 aromatic rings. The minimum absolute atomic E-state index is 0.0687. The van der Waals surface area contributed by atoms with Crippen LogP contribution in [0.4, 0.5) is 0 Å².